The molecule has 18 heavy (non-hydrogen) atoms. The van der Waals surface area contributed by atoms with Gasteiger partial charge in [0.1, 0.15) is 9.84 Å². The van der Waals surface area contributed by atoms with Gasteiger partial charge in [0.05, 0.1) is 5.75 Å². The molecule has 0 aliphatic rings. The van der Waals surface area contributed by atoms with Crippen LogP contribution in [0.4, 0.5) is 5.95 Å². The Kier molecular flexibility index (Phi) is 5.07. The number of hydrogen-bond acceptors (Lipinski definition) is 5. The molecule has 102 valence electrons. The first-order valence-corrected chi connectivity index (χ1v) is 8.08. The summed E-state index contributed by atoms with van der Waals surface area (Å²) in [6, 6.07) is 1.88. The van der Waals surface area contributed by atoms with E-state index in [1.807, 2.05) is 13.0 Å². The van der Waals surface area contributed by atoms with E-state index < -0.39 is 9.84 Å². The van der Waals surface area contributed by atoms with Gasteiger partial charge in [0.15, 0.2) is 0 Å². The fourth-order valence-electron chi connectivity index (χ4n) is 1.62. The van der Waals surface area contributed by atoms with E-state index >= 15 is 0 Å². The average molecular weight is 271 g/mol. The van der Waals surface area contributed by atoms with Crippen LogP contribution in [0.3, 0.4) is 0 Å². The quantitative estimate of drug-likeness (QED) is 0.852. The van der Waals surface area contributed by atoms with Crippen molar-refractivity contribution in [2.24, 2.45) is 5.92 Å². The topological polar surface area (TPSA) is 72.0 Å². The Morgan fingerprint density at radius 2 is 2.00 bits per heavy atom. The average Bonchev–Trinajstić information content (AvgIpc) is 2.24. The first kappa shape index (κ1) is 14.9. The van der Waals surface area contributed by atoms with Gasteiger partial charge in [-0.3, -0.25) is 0 Å². The molecule has 0 spiro atoms. The van der Waals surface area contributed by atoms with Gasteiger partial charge in [-0.25, -0.2) is 18.4 Å². The van der Waals surface area contributed by atoms with Crippen molar-refractivity contribution in [3.8, 4) is 0 Å². The van der Waals surface area contributed by atoms with Crippen molar-refractivity contribution in [1.82, 2.24) is 9.97 Å². The molecule has 1 N–H and O–H groups in total. The normalized spacial score (nSPS) is 13.6. The third kappa shape index (κ3) is 5.44. The third-order valence-corrected chi connectivity index (χ3v) is 3.64. The second-order valence-corrected chi connectivity index (χ2v) is 7.22. The van der Waals surface area contributed by atoms with Crippen molar-refractivity contribution in [2.45, 2.75) is 26.7 Å². The van der Waals surface area contributed by atoms with Gasteiger partial charge < -0.3 is 5.32 Å². The summed E-state index contributed by atoms with van der Waals surface area (Å²) in [5.74, 6) is 1.11. The molecule has 5 nitrogen and oxygen atoms in total. The van der Waals surface area contributed by atoms with E-state index in [4.69, 9.17) is 0 Å². The number of hydrogen-bond donors (Lipinski definition) is 1. The van der Waals surface area contributed by atoms with Crippen LogP contribution in [0.25, 0.3) is 0 Å². The molecule has 1 rings (SSSR count). The molecular formula is C12H21N3O2S. The van der Waals surface area contributed by atoms with Crippen molar-refractivity contribution in [1.29, 1.82) is 0 Å². The molecule has 0 radical (unpaired) electrons. The summed E-state index contributed by atoms with van der Waals surface area (Å²) < 4.78 is 22.3. The number of sulfone groups is 1. The molecule has 1 atom stereocenters. The zero-order valence-corrected chi connectivity index (χ0v) is 12.2. The third-order valence-electron chi connectivity index (χ3n) is 2.46. The van der Waals surface area contributed by atoms with E-state index in [2.05, 4.69) is 29.1 Å². The number of nitrogens with zero attached hydrogens (tertiary/aromatic N) is 2. The second-order valence-electron chi connectivity index (χ2n) is 5.04. The maximum atomic E-state index is 11.1. The van der Waals surface area contributed by atoms with Gasteiger partial charge >= 0.3 is 0 Å². The van der Waals surface area contributed by atoms with E-state index in [0.717, 1.165) is 5.69 Å². The lowest BCUT2D eigenvalue weighted by Crippen LogP contribution is -2.21. The first-order chi connectivity index (χ1) is 8.28. The standard InChI is InChI=1S/C12H21N3O2S/c1-9(2)11-5-6-13-12(15-11)14-7-10(3)8-18(4,16)17/h5-6,9-10H,7-8H2,1-4H3,(H,13,14,15)/t10-/m1/s1. The number of rotatable bonds is 6. The fourth-order valence-corrected chi connectivity index (χ4v) is 2.77. The van der Waals surface area contributed by atoms with Crippen LogP contribution in [0.2, 0.25) is 0 Å². The van der Waals surface area contributed by atoms with Gasteiger partial charge in [0.2, 0.25) is 5.95 Å². The highest BCUT2D eigenvalue weighted by molar-refractivity contribution is 7.90. The molecule has 1 aromatic heterocycles. The maximum absolute atomic E-state index is 11.1. The Balaban J connectivity index is 2.56. The van der Waals surface area contributed by atoms with Gasteiger partial charge in [-0.15, -0.1) is 0 Å². The summed E-state index contributed by atoms with van der Waals surface area (Å²) >= 11 is 0. The van der Waals surface area contributed by atoms with Crippen molar-refractivity contribution in [3.05, 3.63) is 18.0 Å². The molecule has 0 fully saturated rings. The Hall–Kier alpha value is -1.17. The molecule has 0 saturated carbocycles. The van der Waals surface area contributed by atoms with Crippen LogP contribution in [0.15, 0.2) is 12.3 Å². The molecule has 0 amide bonds. The van der Waals surface area contributed by atoms with E-state index in [-0.39, 0.29) is 11.7 Å². The van der Waals surface area contributed by atoms with Crippen LogP contribution in [-0.2, 0) is 9.84 Å². The van der Waals surface area contributed by atoms with Gasteiger partial charge in [0.25, 0.3) is 0 Å². The maximum Gasteiger partial charge on any atom is 0.222 e. The fraction of sp³-hybridized carbons (Fsp3) is 0.667. The van der Waals surface area contributed by atoms with Crippen molar-refractivity contribution in [3.63, 3.8) is 0 Å². The predicted octanol–water partition coefficient (Wildman–Crippen LogP) is 1.69. The molecular weight excluding hydrogens is 250 g/mol. The minimum atomic E-state index is -2.93. The minimum Gasteiger partial charge on any atom is -0.354 e. The van der Waals surface area contributed by atoms with Gasteiger partial charge in [-0.05, 0) is 17.9 Å². The molecule has 1 aromatic rings. The summed E-state index contributed by atoms with van der Waals surface area (Å²) in [7, 11) is -2.93. The molecule has 0 bridgehead atoms. The second kappa shape index (κ2) is 6.13. The van der Waals surface area contributed by atoms with Crippen LogP contribution in [-0.4, -0.2) is 36.9 Å². The van der Waals surface area contributed by atoms with Crippen LogP contribution >= 0.6 is 0 Å². The number of anilines is 1. The monoisotopic (exact) mass is 271 g/mol. The lowest BCUT2D eigenvalue weighted by molar-refractivity contribution is 0.583. The van der Waals surface area contributed by atoms with Crippen LogP contribution in [0, 0.1) is 5.92 Å². The van der Waals surface area contributed by atoms with Crippen LogP contribution in [0.1, 0.15) is 32.4 Å². The summed E-state index contributed by atoms with van der Waals surface area (Å²) in [5.41, 5.74) is 0.975. The Morgan fingerprint density at radius 1 is 1.33 bits per heavy atom. The predicted molar refractivity (Wildman–Crippen MR) is 73.5 cm³/mol. The van der Waals surface area contributed by atoms with E-state index in [1.165, 1.54) is 6.26 Å². The van der Waals surface area contributed by atoms with E-state index in [9.17, 15) is 8.42 Å². The zero-order valence-electron chi connectivity index (χ0n) is 11.3. The van der Waals surface area contributed by atoms with Gasteiger partial charge in [-0.1, -0.05) is 20.8 Å². The van der Waals surface area contributed by atoms with Crippen molar-refractivity contribution >= 4 is 15.8 Å². The lowest BCUT2D eigenvalue weighted by atomic mass is 10.1. The van der Waals surface area contributed by atoms with Gasteiger partial charge in [-0.2, -0.15) is 0 Å². The van der Waals surface area contributed by atoms with Crippen molar-refractivity contribution < 1.29 is 8.42 Å². The highest BCUT2D eigenvalue weighted by Crippen LogP contribution is 2.12. The molecule has 0 aliphatic carbocycles. The molecule has 1 heterocycles. The van der Waals surface area contributed by atoms with E-state index in [1.54, 1.807) is 6.20 Å². The SMILES string of the molecule is CC(C)c1ccnc(NC[C@@H](C)CS(C)(=O)=O)n1. The molecule has 0 unspecified atom stereocenters. The first-order valence-electron chi connectivity index (χ1n) is 6.02. The summed E-state index contributed by atoms with van der Waals surface area (Å²) in [6.45, 7) is 6.58. The van der Waals surface area contributed by atoms with Gasteiger partial charge in [0, 0.05) is 24.7 Å². The van der Waals surface area contributed by atoms with Crippen molar-refractivity contribution in [2.75, 3.05) is 23.9 Å². The minimum absolute atomic E-state index is 0.0336. The summed E-state index contributed by atoms with van der Waals surface area (Å²) in [6.07, 6.45) is 2.96. The van der Waals surface area contributed by atoms with Crippen LogP contribution in [0.5, 0.6) is 0 Å². The van der Waals surface area contributed by atoms with Crippen LogP contribution < -0.4 is 5.32 Å². The number of nitrogens with one attached hydrogen (secondary N) is 1. The molecule has 0 aliphatic heterocycles. The molecule has 0 saturated heterocycles. The Morgan fingerprint density at radius 3 is 2.56 bits per heavy atom. The molecule has 6 heteroatoms. The Labute approximate surface area is 109 Å². The Bertz CT molecular complexity index is 486. The van der Waals surface area contributed by atoms with E-state index in [0.29, 0.717) is 18.4 Å². The summed E-state index contributed by atoms with van der Waals surface area (Å²) in [5, 5.41) is 3.08. The highest BCUT2D eigenvalue weighted by Gasteiger charge is 2.11. The smallest absolute Gasteiger partial charge is 0.222 e. The molecule has 0 aromatic carbocycles. The zero-order chi connectivity index (χ0) is 13.8. The highest BCUT2D eigenvalue weighted by atomic mass is 32.2. The number of aromatic nitrogens is 2. The lowest BCUT2D eigenvalue weighted by Gasteiger charge is -2.12. The largest absolute Gasteiger partial charge is 0.354 e. The summed E-state index contributed by atoms with van der Waals surface area (Å²) in [4.78, 5) is 8.49.